The molecule has 1 aromatic heterocycles. The molecule has 1 fully saturated rings. The zero-order valence-corrected chi connectivity index (χ0v) is 16.5. The number of rotatable bonds is 1. The van der Waals surface area contributed by atoms with E-state index in [2.05, 4.69) is 27.0 Å². The van der Waals surface area contributed by atoms with Gasteiger partial charge in [-0.3, -0.25) is 9.88 Å². The number of thioether (sulfide) groups is 1. The lowest BCUT2D eigenvalue weighted by Gasteiger charge is -2.36. The third-order valence-electron chi connectivity index (χ3n) is 3.86. The molecule has 0 bridgehead atoms. The van der Waals surface area contributed by atoms with E-state index in [-0.39, 0.29) is 12.1 Å². The van der Waals surface area contributed by atoms with Gasteiger partial charge in [-0.1, -0.05) is 28.1 Å². The van der Waals surface area contributed by atoms with Crippen LogP contribution in [0.25, 0.3) is 10.8 Å². The van der Waals surface area contributed by atoms with E-state index >= 15 is 0 Å². The second-order valence-electron chi connectivity index (χ2n) is 6.80. The molecule has 128 valence electrons. The van der Waals surface area contributed by atoms with Crippen molar-refractivity contribution in [1.29, 1.82) is 0 Å². The van der Waals surface area contributed by atoms with Gasteiger partial charge in [0.05, 0.1) is 11.7 Å². The van der Waals surface area contributed by atoms with E-state index in [4.69, 9.17) is 4.74 Å². The van der Waals surface area contributed by atoms with Crippen molar-refractivity contribution in [3.8, 4) is 0 Å². The predicted octanol–water partition coefficient (Wildman–Crippen LogP) is 5.02. The van der Waals surface area contributed by atoms with Crippen molar-refractivity contribution in [1.82, 2.24) is 9.88 Å². The van der Waals surface area contributed by atoms with Crippen LogP contribution in [0.2, 0.25) is 0 Å². The number of pyridine rings is 1. The number of carbonyl (C=O) groups excluding carboxylic acids is 1. The number of carbonyl (C=O) groups is 1. The second kappa shape index (κ2) is 6.92. The van der Waals surface area contributed by atoms with Gasteiger partial charge in [-0.15, -0.1) is 0 Å². The number of aromatic nitrogens is 1. The van der Waals surface area contributed by atoms with E-state index in [1.807, 2.05) is 61.8 Å². The Kier molecular flexibility index (Phi) is 5.06. The van der Waals surface area contributed by atoms with Crippen LogP contribution >= 0.6 is 27.7 Å². The minimum atomic E-state index is -0.499. The summed E-state index contributed by atoms with van der Waals surface area (Å²) in [6, 6.07) is 8.02. The molecule has 1 atom stereocenters. The molecule has 1 amide bonds. The predicted molar refractivity (Wildman–Crippen MR) is 102 cm³/mol. The van der Waals surface area contributed by atoms with E-state index in [0.29, 0.717) is 6.54 Å². The largest absolute Gasteiger partial charge is 0.444 e. The van der Waals surface area contributed by atoms with E-state index in [0.717, 1.165) is 32.4 Å². The molecule has 24 heavy (non-hydrogen) atoms. The summed E-state index contributed by atoms with van der Waals surface area (Å²) in [6.45, 7) is 6.36. The Labute approximate surface area is 155 Å². The summed E-state index contributed by atoms with van der Waals surface area (Å²) < 4.78 is 6.64. The monoisotopic (exact) mass is 408 g/mol. The van der Waals surface area contributed by atoms with Gasteiger partial charge in [0.2, 0.25) is 0 Å². The Balaban J connectivity index is 2.00. The first-order valence-electron chi connectivity index (χ1n) is 7.97. The fraction of sp³-hybridized carbons (Fsp3) is 0.444. The molecule has 4 nitrogen and oxygen atoms in total. The SMILES string of the molecule is CC(C)(C)OC(=O)N1CCSCC1c1nccc2c(Br)cccc12. The average Bonchev–Trinajstić information content (AvgIpc) is 2.53. The number of ether oxygens (including phenoxy) is 1. The first-order valence-corrected chi connectivity index (χ1v) is 9.92. The summed E-state index contributed by atoms with van der Waals surface area (Å²) >= 11 is 5.45. The third-order valence-corrected chi connectivity index (χ3v) is 5.57. The highest BCUT2D eigenvalue weighted by Gasteiger charge is 2.33. The van der Waals surface area contributed by atoms with Crippen LogP contribution in [-0.2, 0) is 4.74 Å². The van der Waals surface area contributed by atoms with Crippen molar-refractivity contribution in [3.63, 3.8) is 0 Å². The Morgan fingerprint density at radius 3 is 2.88 bits per heavy atom. The summed E-state index contributed by atoms with van der Waals surface area (Å²) in [7, 11) is 0. The van der Waals surface area contributed by atoms with Crippen molar-refractivity contribution < 1.29 is 9.53 Å². The van der Waals surface area contributed by atoms with Crippen molar-refractivity contribution in [3.05, 3.63) is 40.6 Å². The Bertz CT molecular complexity index is 760. The molecule has 1 aromatic carbocycles. The Morgan fingerprint density at radius 2 is 2.12 bits per heavy atom. The van der Waals surface area contributed by atoms with Gasteiger partial charge in [0.1, 0.15) is 5.60 Å². The standard InChI is InChI=1S/C18H21BrN2O2S/c1-18(2,3)23-17(22)21-9-10-24-11-15(21)16-13-5-4-6-14(19)12(13)7-8-20-16/h4-8,15H,9-11H2,1-3H3. The lowest BCUT2D eigenvalue weighted by molar-refractivity contribution is 0.0183. The lowest BCUT2D eigenvalue weighted by atomic mass is 10.0. The number of halogens is 1. The molecule has 2 aromatic rings. The molecule has 1 unspecified atom stereocenters. The smallest absolute Gasteiger partial charge is 0.410 e. The average molecular weight is 409 g/mol. The number of fused-ring (bicyclic) bond motifs is 1. The molecular formula is C18H21BrN2O2S. The summed E-state index contributed by atoms with van der Waals surface area (Å²) in [5.74, 6) is 1.75. The molecule has 2 heterocycles. The van der Waals surface area contributed by atoms with Crippen LogP contribution in [-0.4, -0.2) is 39.6 Å². The first kappa shape index (κ1) is 17.5. The number of nitrogens with zero attached hydrogens (tertiary/aromatic N) is 2. The van der Waals surface area contributed by atoms with Crippen molar-refractivity contribution in [2.75, 3.05) is 18.1 Å². The summed E-state index contributed by atoms with van der Waals surface area (Å²) in [5, 5.41) is 2.19. The molecular weight excluding hydrogens is 388 g/mol. The van der Waals surface area contributed by atoms with Gasteiger partial charge in [-0.2, -0.15) is 11.8 Å². The van der Waals surface area contributed by atoms with Gasteiger partial charge in [0, 0.05) is 34.1 Å². The molecule has 0 aliphatic carbocycles. The third kappa shape index (κ3) is 3.70. The van der Waals surface area contributed by atoms with Crippen LogP contribution < -0.4 is 0 Å². The van der Waals surface area contributed by atoms with E-state index in [1.165, 1.54) is 0 Å². The molecule has 1 aliphatic rings. The fourth-order valence-corrected chi connectivity index (χ4v) is 4.38. The van der Waals surface area contributed by atoms with E-state index < -0.39 is 5.60 Å². The summed E-state index contributed by atoms with van der Waals surface area (Å²) in [5.41, 5.74) is 0.438. The minimum absolute atomic E-state index is 0.0726. The maximum Gasteiger partial charge on any atom is 0.410 e. The number of benzene rings is 1. The minimum Gasteiger partial charge on any atom is -0.444 e. The highest BCUT2D eigenvalue weighted by atomic mass is 79.9. The van der Waals surface area contributed by atoms with Gasteiger partial charge in [-0.05, 0) is 38.3 Å². The highest BCUT2D eigenvalue weighted by molar-refractivity contribution is 9.10. The van der Waals surface area contributed by atoms with Gasteiger partial charge in [0.15, 0.2) is 0 Å². The second-order valence-corrected chi connectivity index (χ2v) is 8.80. The van der Waals surface area contributed by atoms with Crippen LogP contribution in [0.3, 0.4) is 0 Å². The number of hydrogen-bond donors (Lipinski definition) is 0. The normalized spacial score (nSPS) is 18.7. The summed E-state index contributed by atoms with van der Waals surface area (Å²) in [6.07, 6.45) is 1.55. The molecule has 1 aliphatic heterocycles. The van der Waals surface area contributed by atoms with E-state index in [1.54, 1.807) is 0 Å². The topological polar surface area (TPSA) is 42.4 Å². The van der Waals surface area contributed by atoms with Crippen molar-refractivity contribution in [2.24, 2.45) is 0 Å². The van der Waals surface area contributed by atoms with Crippen LogP contribution in [0.1, 0.15) is 32.5 Å². The fourth-order valence-electron chi connectivity index (χ4n) is 2.83. The van der Waals surface area contributed by atoms with Crippen molar-refractivity contribution >= 4 is 44.6 Å². The first-order chi connectivity index (χ1) is 11.4. The van der Waals surface area contributed by atoms with Crippen LogP contribution in [0.4, 0.5) is 4.79 Å². The Morgan fingerprint density at radius 1 is 1.33 bits per heavy atom. The molecule has 0 N–H and O–H groups in total. The number of hydrogen-bond acceptors (Lipinski definition) is 4. The summed E-state index contributed by atoms with van der Waals surface area (Å²) in [4.78, 5) is 19.1. The van der Waals surface area contributed by atoms with Gasteiger partial charge < -0.3 is 4.74 Å². The molecule has 6 heteroatoms. The molecule has 1 saturated heterocycles. The van der Waals surface area contributed by atoms with Crippen LogP contribution in [0.15, 0.2) is 34.9 Å². The zero-order chi connectivity index (χ0) is 17.3. The van der Waals surface area contributed by atoms with Crippen LogP contribution in [0.5, 0.6) is 0 Å². The van der Waals surface area contributed by atoms with Gasteiger partial charge in [-0.25, -0.2) is 4.79 Å². The van der Waals surface area contributed by atoms with Crippen LogP contribution in [0, 0.1) is 0 Å². The number of amides is 1. The maximum absolute atomic E-state index is 12.7. The van der Waals surface area contributed by atoms with Gasteiger partial charge in [0.25, 0.3) is 0 Å². The molecule has 0 spiro atoms. The van der Waals surface area contributed by atoms with Gasteiger partial charge >= 0.3 is 6.09 Å². The molecule has 0 saturated carbocycles. The highest BCUT2D eigenvalue weighted by Crippen LogP contribution is 2.35. The zero-order valence-electron chi connectivity index (χ0n) is 14.1. The molecule has 0 radical (unpaired) electrons. The molecule has 3 rings (SSSR count). The Hall–Kier alpha value is -1.27. The quantitative estimate of drug-likeness (QED) is 0.663. The maximum atomic E-state index is 12.7. The van der Waals surface area contributed by atoms with E-state index in [9.17, 15) is 4.79 Å². The lowest BCUT2D eigenvalue weighted by Crippen LogP contribution is -2.44. The van der Waals surface area contributed by atoms with Crippen molar-refractivity contribution in [2.45, 2.75) is 32.4 Å².